The van der Waals surface area contributed by atoms with Crippen LogP contribution in [0.25, 0.3) is 0 Å². The second kappa shape index (κ2) is 7.64. The third-order valence-corrected chi connectivity index (χ3v) is 4.67. The highest BCUT2D eigenvalue weighted by Gasteiger charge is 2.30. The van der Waals surface area contributed by atoms with Crippen LogP contribution < -0.4 is 0 Å². The Morgan fingerprint density at radius 3 is 2.33 bits per heavy atom. The van der Waals surface area contributed by atoms with E-state index < -0.39 is 12.1 Å². The number of nitrogens with one attached hydrogen (secondary N) is 1. The molecule has 0 aromatic carbocycles. The first-order valence-electron chi connectivity index (χ1n) is 8.39. The molecule has 2 rings (SSSR count). The van der Waals surface area contributed by atoms with Crippen LogP contribution in [0, 0.1) is 19.8 Å². The van der Waals surface area contributed by atoms with Crippen molar-refractivity contribution in [3.8, 4) is 0 Å². The maximum atomic E-state index is 12.6. The molecule has 1 heterocycles. The minimum Gasteiger partial charge on any atom is -0.465 e. The number of carbonyl (C=O) groups is 3. The Balaban J connectivity index is 2.10. The molecule has 0 radical (unpaired) electrons. The van der Waals surface area contributed by atoms with Crippen molar-refractivity contribution in [2.75, 3.05) is 7.11 Å². The number of aromatic nitrogens is 1. The van der Waals surface area contributed by atoms with Crippen molar-refractivity contribution in [3.63, 3.8) is 0 Å². The van der Waals surface area contributed by atoms with Crippen LogP contribution in [0.1, 0.15) is 71.1 Å². The Hall–Kier alpha value is -2.11. The van der Waals surface area contributed by atoms with E-state index in [4.69, 9.17) is 9.47 Å². The van der Waals surface area contributed by atoms with Crippen LogP contribution in [-0.4, -0.2) is 35.9 Å². The Bertz CT molecular complexity index is 640. The fourth-order valence-corrected chi connectivity index (χ4v) is 3.27. The highest BCUT2D eigenvalue weighted by atomic mass is 16.5. The first-order valence-corrected chi connectivity index (χ1v) is 8.39. The SMILES string of the molecule is COC(=O)c1c(C)[nH]c(C(=O)C(C)OC(=O)C2CCCCC2)c1C. The van der Waals surface area contributed by atoms with Crippen molar-refractivity contribution >= 4 is 17.7 Å². The van der Waals surface area contributed by atoms with Crippen molar-refractivity contribution < 1.29 is 23.9 Å². The highest BCUT2D eigenvalue weighted by molar-refractivity contribution is 6.04. The van der Waals surface area contributed by atoms with E-state index in [1.165, 1.54) is 7.11 Å². The smallest absolute Gasteiger partial charge is 0.339 e. The number of rotatable bonds is 5. The van der Waals surface area contributed by atoms with E-state index >= 15 is 0 Å². The monoisotopic (exact) mass is 335 g/mol. The number of hydrogen-bond acceptors (Lipinski definition) is 5. The molecule has 1 N–H and O–H groups in total. The fraction of sp³-hybridized carbons (Fsp3) is 0.611. The summed E-state index contributed by atoms with van der Waals surface area (Å²) in [4.78, 5) is 39.5. The summed E-state index contributed by atoms with van der Waals surface area (Å²) in [6.07, 6.45) is 3.97. The number of esters is 2. The van der Waals surface area contributed by atoms with E-state index in [0.717, 1.165) is 32.1 Å². The summed E-state index contributed by atoms with van der Waals surface area (Å²) in [5.74, 6) is -1.24. The number of carbonyl (C=O) groups excluding carboxylic acids is 3. The van der Waals surface area contributed by atoms with Crippen molar-refractivity contribution in [3.05, 3.63) is 22.5 Å². The molecule has 132 valence electrons. The first-order chi connectivity index (χ1) is 11.4. The van der Waals surface area contributed by atoms with Gasteiger partial charge in [-0.15, -0.1) is 0 Å². The summed E-state index contributed by atoms with van der Waals surface area (Å²) in [5.41, 5.74) is 1.72. The molecular weight excluding hydrogens is 310 g/mol. The van der Waals surface area contributed by atoms with E-state index in [2.05, 4.69) is 4.98 Å². The second-order valence-electron chi connectivity index (χ2n) is 6.39. The minimum atomic E-state index is -0.887. The Morgan fingerprint density at radius 1 is 1.12 bits per heavy atom. The lowest BCUT2D eigenvalue weighted by molar-refractivity contribution is -0.152. The van der Waals surface area contributed by atoms with Gasteiger partial charge in [-0.25, -0.2) is 4.79 Å². The summed E-state index contributed by atoms with van der Waals surface area (Å²) < 4.78 is 10.1. The molecule has 0 bridgehead atoms. The van der Waals surface area contributed by atoms with Crippen LogP contribution in [0.2, 0.25) is 0 Å². The standard InChI is InChI=1S/C18H25NO5/c1-10-14(18(22)23-4)11(2)19-15(10)16(20)12(3)24-17(21)13-8-6-5-7-9-13/h12-13,19H,5-9H2,1-4H3. The zero-order chi connectivity index (χ0) is 17.9. The number of ether oxygens (including phenoxy) is 2. The van der Waals surface area contributed by atoms with E-state index in [-0.39, 0.29) is 23.4 Å². The summed E-state index contributed by atoms with van der Waals surface area (Å²) in [6.45, 7) is 4.95. The maximum Gasteiger partial charge on any atom is 0.339 e. The third kappa shape index (κ3) is 3.68. The van der Waals surface area contributed by atoms with Gasteiger partial charge in [-0.2, -0.15) is 0 Å². The van der Waals surface area contributed by atoms with Crippen LogP contribution in [-0.2, 0) is 14.3 Å². The van der Waals surface area contributed by atoms with Gasteiger partial charge >= 0.3 is 11.9 Å². The van der Waals surface area contributed by atoms with Crippen LogP contribution in [0.5, 0.6) is 0 Å². The molecule has 1 unspecified atom stereocenters. The van der Waals surface area contributed by atoms with Gasteiger partial charge in [0.05, 0.1) is 24.3 Å². The minimum absolute atomic E-state index is 0.105. The molecular formula is C18H25NO5. The van der Waals surface area contributed by atoms with E-state index in [1.54, 1.807) is 20.8 Å². The molecule has 0 spiro atoms. The summed E-state index contributed by atoms with van der Waals surface area (Å²) in [5, 5.41) is 0. The van der Waals surface area contributed by atoms with Crippen LogP contribution in [0.15, 0.2) is 0 Å². The fourth-order valence-electron chi connectivity index (χ4n) is 3.27. The van der Waals surface area contributed by atoms with Gasteiger partial charge in [-0.3, -0.25) is 9.59 Å². The van der Waals surface area contributed by atoms with Gasteiger partial charge in [0.2, 0.25) is 5.78 Å². The van der Waals surface area contributed by atoms with Crippen molar-refractivity contribution in [1.29, 1.82) is 0 Å². The van der Waals surface area contributed by atoms with Crippen LogP contribution in [0.4, 0.5) is 0 Å². The lowest BCUT2D eigenvalue weighted by Gasteiger charge is -2.21. The molecule has 6 nitrogen and oxygen atoms in total. The quantitative estimate of drug-likeness (QED) is 0.660. The molecule has 6 heteroatoms. The number of aromatic amines is 1. The van der Waals surface area contributed by atoms with Gasteiger partial charge in [-0.05, 0) is 39.2 Å². The predicted molar refractivity (Wildman–Crippen MR) is 88.1 cm³/mol. The Morgan fingerprint density at radius 2 is 1.75 bits per heavy atom. The molecule has 1 atom stereocenters. The second-order valence-corrected chi connectivity index (χ2v) is 6.39. The number of aryl methyl sites for hydroxylation is 1. The average molecular weight is 335 g/mol. The molecule has 1 saturated carbocycles. The molecule has 1 fully saturated rings. The molecule has 0 aliphatic heterocycles. The van der Waals surface area contributed by atoms with Gasteiger partial charge in [0, 0.05) is 5.69 Å². The van der Waals surface area contributed by atoms with Crippen molar-refractivity contribution in [2.45, 2.75) is 59.0 Å². The molecule has 1 aliphatic rings. The molecule has 1 aromatic rings. The van der Waals surface area contributed by atoms with Crippen molar-refractivity contribution in [2.24, 2.45) is 5.92 Å². The van der Waals surface area contributed by atoms with E-state index in [9.17, 15) is 14.4 Å². The summed E-state index contributed by atoms with van der Waals surface area (Å²) in [7, 11) is 1.30. The molecule has 1 aliphatic carbocycles. The normalized spacial score (nSPS) is 16.5. The van der Waals surface area contributed by atoms with E-state index in [0.29, 0.717) is 16.8 Å². The molecule has 24 heavy (non-hydrogen) atoms. The predicted octanol–water partition coefficient (Wildman–Crippen LogP) is 3.11. The third-order valence-electron chi connectivity index (χ3n) is 4.67. The molecule has 1 aromatic heterocycles. The summed E-state index contributed by atoms with van der Waals surface area (Å²) in [6, 6.07) is 0. The highest BCUT2D eigenvalue weighted by Crippen LogP contribution is 2.26. The van der Waals surface area contributed by atoms with E-state index in [1.807, 2.05) is 0 Å². The van der Waals surface area contributed by atoms with Crippen molar-refractivity contribution in [1.82, 2.24) is 4.98 Å². The average Bonchev–Trinajstić information content (AvgIpc) is 2.88. The number of H-pyrrole nitrogens is 1. The lowest BCUT2D eigenvalue weighted by Crippen LogP contribution is -2.29. The van der Waals surface area contributed by atoms with Gasteiger partial charge < -0.3 is 14.5 Å². The largest absolute Gasteiger partial charge is 0.465 e. The Labute approximate surface area is 141 Å². The number of ketones is 1. The van der Waals surface area contributed by atoms with Gasteiger partial charge in [0.15, 0.2) is 6.10 Å². The van der Waals surface area contributed by atoms with Gasteiger partial charge in [0.25, 0.3) is 0 Å². The number of Topliss-reactive ketones (excluding diaryl/α,β-unsaturated/α-hetero) is 1. The zero-order valence-corrected chi connectivity index (χ0v) is 14.7. The van der Waals surface area contributed by atoms with Crippen LogP contribution >= 0.6 is 0 Å². The van der Waals surface area contributed by atoms with Crippen LogP contribution in [0.3, 0.4) is 0 Å². The zero-order valence-electron chi connectivity index (χ0n) is 14.7. The van der Waals surface area contributed by atoms with Gasteiger partial charge in [0.1, 0.15) is 0 Å². The van der Waals surface area contributed by atoms with Gasteiger partial charge in [-0.1, -0.05) is 19.3 Å². The topological polar surface area (TPSA) is 85.5 Å². The first kappa shape index (κ1) is 18.2. The molecule has 0 saturated heterocycles. The lowest BCUT2D eigenvalue weighted by atomic mass is 9.89. The number of methoxy groups -OCH3 is 1. The Kier molecular flexibility index (Phi) is 5.80. The molecule has 0 amide bonds. The summed E-state index contributed by atoms with van der Waals surface area (Å²) >= 11 is 0. The number of hydrogen-bond donors (Lipinski definition) is 1. The maximum absolute atomic E-state index is 12.6.